The second-order valence-electron chi connectivity index (χ2n) is 6.72. The number of primary amides is 1. The largest absolute Gasteiger partial charge is 0.396 e. The highest BCUT2D eigenvalue weighted by molar-refractivity contribution is 5.93. The lowest BCUT2D eigenvalue weighted by Gasteiger charge is -2.41. The van der Waals surface area contributed by atoms with Gasteiger partial charge in [-0.2, -0.15) is 0 Å². The first-order valence-electron chi connectivity index (χ1n) is 8.37. The van der Waals surface area contributed by atoms with E-state index < -0.39 is 5.91 Å². The number of benzene rings is 1. The maximum atomic E-state index is 13.4. The second-order valence-corrected chi connectivity index (χ2v) is 6.72. The molecule has 25 heavy (non-hydrogen) atoms. The molecule has 1 aromatic carbocycles. The van der Waals surface area contributed by atoms with Gasteiger partial charge in [-0.3, -0.25) is 4.79 Å². The minimum atomic E-state index is -0.475. The van der Waals surface area contributed by atoms with Gasteiger partial charge in [0.15, 0.2) is 0 Å². The number of aliphatic hydroxyl groups is 1. The van der Waals surface area contributed by atoms with E-state index in [4.69, 9.17) is 5.73 Å². The minimum absolute atomic E-state index is 0.0616. The molecule has 3 N–H and O–H groups in total. The van der Waals surface area contributed by atoms with Crippen LogP contribution in [0.25, 0.3) is 0 Å². The van der Waals surface area contributed by atoms with Gasteiger partial charge in [0.25, 0.3) is 0 Å². The van der Waals surface area contributed by atoms with Crippen LogP contribution in [0.15, 0.2) is 42.6 Å². The van der Waals surface area contributed by atoms with Crippen molar-refractivity contribution in [2.45, 2.75) is 19.3 Å². The normalized spacial score (nSPS) is 16.6. The molecule has 1 amide bonds. The van der Waals surface area contributed by atoms with Gasteiger partial charge in [0, 0.05) is 36.9 Å². The Bertz CT molecular complexity index is 758. The van der Waals surface area contributed by atoms with Crippen molar-refractivity contribution in [1.29, 1.82) is 0 Å². The first kappa shape index (κ1) is 17.4. The molecule has 1 aliphatic heterocycles. The van der Waals surface area contributed by atoms with Gasteiger partial charge in [0.05, 0.1) is 0 Å². The fraction of sp³-hybridized carbons (Fsp3) is 0.368. The van der Waals surface area contributed by atoms with Gasteiger partial charge < -0.3 is 15.7 Å². The van der Waals surface area contributed by atoms with Crippen LogP contribution >= 0.6 is 0 Å². The third kappa shape index (κ3) is 3.96. The van der Waals surface area contributed by atoms with E-state index in [9.17, 15) is 14.3 Å². The van der Waals surface area contributed by atoms with Crippen LogP contribution in [0.2, 0.25) is 0 Å². The fourth-order valence-electron chi connectivity index (χ4n) is 3.43. The Morgan fingerprint density at radius 1 is 1.28 bits per heavy atom. The zero-order valence-electron chi connectivity index (χ0n) is 14.0. The van der Waals surface area contributed by atoms with Crippen LogP contribution in [0.5, 0.6) is 0 Å². The predicted octanol–water partition coefficient (Wildman–Crippen LogP) is 2.14. The molecular weight excluding hydrogens is 321 g/mol. The molecule has 0 saturated carbocycles. The monoisotopic (exact) mass is 343 g/mol. The van der Waals surface area contributed by atoms with Crippen molar-refractivity contribution in [3.8, 4) is 0 Å². The number of carbonyl (C=O) groups excluding carboxylic acids is 1. The summed E-state index contributed by atoms with van der Waals surface area (Å²) in [7, 11) is 0. The number of anilines is 1. The van der Waals surface area contributed by atoms with Crippen molar-refractivity contribution >= 4 is 11.7 Å². The number of hydrogen-bond donors (Lipinski definition) is 2. The summed E-state index contributed by atoms with van der Waals surface area (Å²) < 4.78 is 13.4. The first-order chi connectivity index (χ1) is 12.0. The molecule has 1 saturated heterocycles. The number of carbonyl (C=O) groups is 1. The third-order valence-electron chi connectivity index (χ3n) is 4.98. The van der Waals surface area contributed by atoms with Crippen molar-refractivity contribution in [3.05, 3.63) is 59.5 Å². The first-order valence-corrected chi connectivity index (χ1v) is 8.37. The van der Waals surface area contributed by atoms with Crippen LogP contribution in [-0.2, 0) is 6.42 Å². The van der Waals surface area contributed by atoms with E-state index in [1.54, 1.807) is 24.4 Å². The maximum absolute atomic E-state index is 13.4. The van der Waals surface area contributed by atoms with E-state index in [-0.39, 0.29) is 17.8 Å². The Balaban J connectivity index is 1.70. The molecule has 6 heteroatoms. The number of amides is 1. The molecule has 0 radical (unpaired) electrons. The zero-order valence-corrected chi connectivity index (χ0v) is 14.0. The molecule has 1 aromatic heterocycles. The Hall–Kier alpha value is -2.47. The molecule has 132 valence electrons. The van der Waals surface area contributed by atoms with E-state index in [0.717, 1.165) is 18.4 Å². The van der Waals surface area contributed by atoms with Crippen molar-refractivity contribution in [2.24, 2.45) is 11.1 Å². The third-order valence-corrected chi connectivity index (χ3v) is 4.98. The Kier molecular flexibility index (Phi) is 4.99. The topological polar surface area (TPSA) is 79.5 Å². The highest BCUT2D eigenvalue weighted by atomic mass is 19.1. The Morgan fingerprint density at radius 3 is 2.68 bits per heavy atom. The molecule has 3 rings (SSSR count). The van der Waals surface area contributed by atoms with Gasteiger partial charge in [-0.15, -0.1) is 0 Å². The number of aliphatic hydroxyl groups excluding tert-OH is 1. The number of aromatic nitrogens is 1. The summed E-state index contributed by atoms with van der Waals surface area (Å²) in [5, 5.41) is 9.96. The van der Waals surface area contributed by atoms with Crippen molar-refractivity contribution < 1.29 is 14.3 Å². The van der Waals surface area contributed by atoms with Crippen LogP contribution in [0.3, 0.4) is 0 Å². The molecule has 0 unspecified atom stereocenters. The molecule has 0 aliphatic carbocycles. The summed E-state index contributed by atoms with van der Waals surface area (Å²) in [6.45, 7) is 1.49. The molecule has 1 fully saturated rings. The van der Waals surface area contributed by atoms with Gasteiger partial charge in [-0.05, 0) is 49.1 Å². The average molecular weight is 343 g/mol. The molecule has 0 spiro atoms. The lowest BCUT2D eigenvalue weighted by atomic mass is 9.74. The Morgan fingerprint density at radius 2 is 2.04 bits per heavy atom. The molecule has 2 aromatic rings. The summed E-state index contributed by atoms with van der Waals surface area (Å²) in [5.74, 6) is -0.0134. The van der Waals surface area contributed by atoms with Crippen LogP contribution in [0, 0.1) is 11.2 Å². The van der Waals surface area contributed by atoms with Crippen LogP contribution in [-0.4, -0.2) is 35.7 Å². The smallest absolute Gasteiger partial charge is 0.248 e. The van der Waals surface area contributed by atoms with E-state index in [0.29, 0.717) is 30.9 Å². The lowest BCUT2D eigenvalue weighted by molar-refractivity contribution is 0.0960. The van der Waals surface area contributed by atoms with E-state index >= 15 is 0 Å². The summed E-state index contributed by atoms with van der Waals surface area (Å²) >= 11 is 0. The van der Waals surface area contributed by atoms with E-state index in [1.165, 1.54) is 12.1 Å². The highest BCUT2D eigenvalue weighted by Gasteiger charge is 2.34. The average Bonchev–Trinajstić information content (AvgIpc) is 2.62. The lowest BCUT2D eigenvalue weighted by Crippen LogP contribution is -2.43. The molecular formula is C19H22FN3O2. The second kappa shape index (κ2) is 7.19. The molecule has 1 aliphatic rings. The van der Waals surface area contributed by atoms with E-state index in [1.807, 2.05) is 6.07 Å². The summed E-state index contributed by atoms with van der Waals surface area (Å²) in [5.41, 5.74) is 6.40. The Labute approximate surface area is 146 Å². The summed E-state index contributed by atoms with van der Waals surface area (Å²) in [6.07, 6.45) is 3.75. The molecule has 0 bridgehead atoms. The molecule has 2 heterocycles. The fourth-order valence-corrected chi connectivity index (χ4v) is 3.43. The summed E-state index contributed by atoms with van der Waals surface area (Å²) in [6, 6.07) is 9.84. The van der Waals surface area contributed by atoms with Gasteiger partial charge in [0.2, 0.25) is 5.91 Å². The maximum Gasteiger partial charge on any atom is 0.248 e. The van der Waals surface area contributed by atoms with Crippen molar-refractivity contribution in [1.82, 2.24) is 4.98 Å². The number of rotatable bonds is 5. The number of halogens is 1. The predicted molar refractivity (Wildman–Crippen MR) is 93.8 cm³/mol. The van der Waals surface area contributed by atoms with Crippen molar-refractivity contribution in [2.75, 3.05) is 24.6 Å². The van der Waals surface area contributed by atoms with E-state index in [2.05, 4.69) is 9.88 Å². The van der Waals surface area contributed by atoms with Gasteiger partial charge in [0.1, 0.15) is 11.6 Å². The van der Waals surface area contributed by atoms with Gasteiger partial charge in [-0.25, -0.2) is 9.37 Å². The highest BCUT2D eigenvalue weighted by Crippen LogP contribution is 2.36. The number of piperidine rings is 1. The number of hydrogen-bond acceptors (Lipinski definition) is 4. The molecule has 5 nitrogen and oxygen atoms in total. The number of nitrogens with zero attached hydrogens (tertiary/aromatic N) is 2. The van der Waals surface area contributed by atoms with Crippen LogP contribution in [0.1, 0.15) is 28.8 Å². The summed E-state index contributed by atoms with van der Waals surface area (Å²) in [4.78, 5) is 17.7. The zero-order chi connectivity index (χ0) is 17.9. The standard InChI is InChI=1S/C19H22FN3O2/c20-16-3-1-2-14(10-16)12-19(13-24)5-8-23(9-6-19)17-11-15(18(21)25)4-7-22-17/h1-4,7,10-11,24H,5-6,8-9,12-13H2,(H2,21,25). The number of pyridine rings is 1. The van der Waals surface area contributed by atoms with Gasteiger partial charge >= 0.3 is 0 Å². The van der Waals surface area contributed by atoms with Crippen LogP contribution < -0.4 is 10.6 Å². The SMILES string of the molecule is NC(=O)c1ccnc(N2CCC(CO)(Cc3cccc(F)c3)CC2)c1. The quantitative estimate of drug-likeness (QED) is 0.872. The molecule has 0 atom stereocenters. The minimum Gasteiger partial charge on any atom is -0.396 e. The van der Waals surface area contributed by atoms with Gasteiger partial charge in [-0.1, -0.05) is 12.1 Å². The number of nitrogens with two attached hydrogens (primary N) is 1. The van der Waals surface area contributed by atoms with Crippen molar-refractivity contribution in [3.63, 3.8) is 0 Å². The van der Waals surface area contributed by atoms with Crippen LogP contribution in [0.4, 0.5) is 10.2 Å².